The Kier molecular flexibility index (Phi) is 4.99. The van der Waals surface area contributed by atoms with Gasteiger partial charge in [0.25, 0.3) is 0 Å². The van der Waals surface area contributed by atoms with Crippen molar-refractivity contribution in [1.82, 2.24) is 5.32 Å². The molecule has 2 N–H and O–H groups in total. The summed E-state index contributed by atoms with van der Waals surface area (Å²) in [6.45, 7) is 2.94. The Balaban J connectivity index is 1.89. The van der Waals surface area contributed by atoms with Crippen LogP contribution in [-0.2, 0) is 4.74 Å². The third-order valence-corrected chi connectivity index (χ3v) is 3.46. The number of para-hydroxylation sites is 2. The van der Waals surface area contributed by atoms with Crippen LogP contribution < -0.4 is 15.4 Å². The molecule has 1 fully saturated rings. The van der Waals surface area contributed by atoms with Crippen LogP contribution in [0.4, 0.5) is 5.69 Å². The first-order valence-electron chi connectivity index (χ1n) is 6.53. The molecule has 4 nitrogen and oxygen atoms in total. The molecular formula is C14H20N2O2S. The highest BCUT2D eigenvalue weighted by Gasteiger charge is 2.22. The van der Waals surface area contributed by atoms with Gasteiger partial charge in [-0.1, -0.05) is 12.1 Å². The molecule has 1 saturated heterocycles. The number of thiocarbonyl (C=S) groups is 1. The molecule has 0 radical (unpaired) electrons. The first-order valence-corrected chi connectivity index (χ1v) is 6.93. The number of benzene rings is 1. The minimum atomic E-state index is 0.206. The summed E-state index contributed by atoms with van der Waals surface area (Å²) >= 11 is 5.32. The van der Waals surface area contributed by atoms with E-state index in [1.165, 1.54) is 0 Å². The maximum atomic E-state index is 5.64. The van der Waals surface area contributed by atoms with E-state index < -0.39 is 0 Å². The SMILES string of the molecule is COc1ccccc1NC(=S)NC(C)C1CCCO1. The van der Waals surface area contributed by atoms with Gasteiger partial charge in [0, 0.05) is 6.61 Å². The highest BCUT2D eigenvalue weighted by Crippen LogP contribution is 2.23. The minimum absolute atomic E-state index is 0.206. The highest BCUT2D eigenvalue weighted by atomic mass is 32.1. The first-order chi connectivity index (χ1) is 9.20. The van der Waals surface area contributed by atoms with Gasteiger partial charge in [-0.25, -0.2) is 0 Å². The predicted molar refractivity (Wildman–Crippen MR) is 80.8 cm³/mol. The van der Waals surface area contributed by atoms with Crippen molar-refractivity contribution in [3.8, 4) is 5.75 Å². The maximum absolute atomic E-state index is 5.64. The number of hydrogen-bond donors (Lipinski definition) is 2. The van der Waals surface area contributed by atoms with Crippen molar-refractivity contribution in [3.05, 3.63) is 24.3 Å². The fourth-order valence-corrected chi connectivity index (χ4v) is 2.50. The van der Waals surface area contributed by atoms with Gasteiger partial charge in [0.15, 0.2) is 5.11 Å². The van der Waals surface area contributed by atoms with E-state index >= 15 is 0 Å². The van der Waals surface area contributed by atoms with Gasteiger partial charge in [0.05, 0.1) is 24.9 Å². The topological polar surface area (TPSA) is 42.5 Å². The lowest BCUT2D eigenvalue weighted by Crippen LogP contribution is -2.42. The second-order valence-electron chi connectivity index (χ2n) is 4.64. The quantitative estimate of drug-likeness (QED) is 0.830. The van der Waals surface area contributed by atoms with Gasteiger partial charge in [0.2, 0.25) is 0 Å². The molecule has 0 aromatic heterocycles. The lowest BCUT2D eigenvalue weighted by Gasteiger charge is -2.22. The third-order valence-electron chi connectivity index (χ3n) is 3.24. The lowest BCUT2D eigenvalue weighted by molar-refractivity contribution is 0.0895. The van der Waals surface area contributed by atoms with Crippen molar-refractivity contribution in [3.63, 3.8) is 0 Å². The van der Waals surface area contributed by atoms with Crippen LogP contribution in [-0.4, -0.2) is 31.0 Å². The number of ether oxygens (including phenoxy) is 2. The summed E-state index contributed by atoms with van der Waals surface area (Å²) in [4.78, 5) is 0. The van der Waals surface area contributed by atoms with Crippen molar-refractivity contribution < 1.29 is 9.47 Å². The standard InChI is InChI=1S/C14H20N2O2S/c1-10(12-8-5-9-18-12)15-14(19)16-11-6-3-4-7-13(11)17-2/h3-4,6-7,10,12H,5,8-9H2,1-2H3,(H2,15,16,19). The smallest absolute Gasteiger partial charge is 0.171 e. The van der Waals surface area contributed by atoms with Gasteiger partial charge in [-0.3, -0.25) is 0 Å². The van der Waals surface area contributed by atoms with Crippen LogP contribution in [0.15, 0.2) is 24.3 Å². The molecule has 0 spiro atoms. The number of anilines is 1. The minimum Gasteiger partial charge on any atom is -0.495 e. The Morgan fingerprint density at radius 3 is 2.95 bits per heavy atom. The van der Waals surface area contributed by atoms with Gasteiger partial charge in [-0.2, -0.15) is 0 Å². The van der Waals surface area contributed by atoms with Crippen LogP contribution in [0, 0.1) is 0 Å². The van der Waals surface area contributed by atoms with E-state index in [-0.39, 0.29) is 12.1 Å². The summed E-state index contributed by atoms with van der Waals surface area (Å²) in [7, 11) is 1.64. The van der Waals surface area contributed by atoms with E-state index in [4.69, 9.17) is 21.7 Å². The molecule has 2 rings (SSSR count). The Hall–Kier alpha value is -1.33. The summed E-state index contributed by atoms with van der Waals surface area (Å²) in [6.07, 6.45) is 2.46. The number of methoxy groups -OCH3 is 1. The molecule has 0 amide bonds. The number of hydrogen-bond acceptors (Lipinski definition) is 3. The average molecular weight is 280 g/mol. The zero-order valence-corrected chi connectivity index (χ0v) is 12.1. The van der Waals surface area contributed by atoms with Crippen LogP contribution in [0.5, 0.6) is 5.75 Å². The van der Waals surface area contributed by atoms with Crippen LogP contribution in [0.1, 0.15) is 19.8 Å². The summed E-state index contributed by atoms with van der Waals surface area (Å²) in [5.74, 6) is 0.774. The number of nitrogens with one attached hydrogen (secondary N) is 2. The fourth-order valence-electron chi connectivity index (χ4n) is 2.20. The van der Waals surface area contributed by atoms with Crippen molar-refractivity contribution in [2.45, 2.75) is 31.9 Å². The fraction of sp³-hybridized carbons (Fsp3) is 0.500. The Labute approximate surface area is 119 Å². The summed E-state index contributed by atoms with van der Waals surface area (Å²) in [6, 6.07) is 7.90. The summed E-state index contributed by atoms with van der Waals surface area (Å²) in [5.41, 5.74) is 0.863. The molecule has 1 heterocycles. The van der Waals surface area contributed by atoms with E-state index in [1.807, 2.05) is 24.3 Å². The van der Waals surface area contributed by atoms with E-state index in [2.05, 4.69) is 17.6 Å². The van der Waals surface area contributed by atoms with Gasteiger partial charge in [0.1, 0.15) is 5.75 Å². The molecule has 5 heteroatoms. The molecule has 1 aliphatic heterocycles. The second kappa shape index (κ2) is 6.73. The first kappa shape index (κ1) is 14.1. The Morgan fingerprint density at radius 1 is 1.47 bits per heavy atom. The second-order valence-corrected chi connectivity index (χ2v) is 5.05. The van der Waals surface area contributed by atoms with Gasteiger partial charge < -0.3 is 20.1 Å². The zero-order valence-electron chi connectivity index (χ0n) is 11.3. The molecule has 2 unspecified atom stereocenters. The molecule has 2 atom stereocenters. The molecule has 19 heavy (non-hydrogen) atoms. The maximum Gasteiger partial charge on any atom is 0.171 e. The molecule has 0 saturated carbocycles. The average Bonchev–Trinajstić information content (AvgIpc) is 2.93. The monoisotopic (exact) mass is 280 g/mol. The summed E-state index contributed by atoms with van der Waals surface area (Å²) in [5, 5.41) is 7.01. The largest absolute Gasteiger partial charge is 0.495 e. The van der Waals surface area contributed by atoms with E-state index in [9.17, 15) is 0 Å². The molecule has 0 aliphatic carbocycles. The van der Waals surface area contributed by atoms with Crippen molar-refractivity contribution in [2.75, 3.05) is 19.0 Å². The summed E-state index contributed by atoms with van der Waals surface area (Å²) < 4.78 is 10.9. The Bertz CT molecular complexity index is 433. The van der Waals surface area contributed by atoms with Crippen LogP contribution in [0.25, 0.3) is 0 Å². The van der Waals surface area contributed by atoms with E-state index in [0.717, 1.165) is 30.9 Å². The third kappa shape index (κ3) is 3.81. The highest BCUT2D eigenvalue weighted by molar-refractivity contribution is 7.80. The lowest BCUT2D eigenvalue weighted by atomic mass is 10.1. The van der Waals surface area contributed by atoms with Crippen LogP contribution in [0.3, 0.4) is 0 Å². The van der Waals surface area contributed by atoms with Gasteiger partial charge >= 0.3 is 0 Å². The Morgan fingerprint density at radius 2 is 2.26 bits per heavy atom. The van der Waals surface area contributed by atoms with Crippen molar-refractivity contribution in [1.29, 1.82) is 0 Å². The van der Waals surface area contributed by atoms with Gasteiger partial charge in [-0.05, 0) is 44.1 Å². The zero-order chi connectivity index (χ0) is 13.7. The van der Waals surface area contributed by atoms with Crippen LogP contribution in [0.2, 0.25) is 0 Å². The normalized spacial score (nSPS) is 19.8. The van der Waals surface area contributed by atoms with Crippen molar-refractivity contribution in [2.24, 2.45) is 0 Å². The predicted octanol–water partition coefficient (Wildman–Crippen LogP) is 2.55. The van der Waals surface area contributed by atoms with E-state index in [1.54, 1.807) is 7.11 Å². The molecular weight excluding hydrogens is 260 g/mol. The molecule has 1 aliphatic rings. The van der Waals surface area contributed by atoms with Crippen LogP contribution >= 0.6 is 12.2 Å². The van der Waals surface area contributed by atoms with E-state index in [0.29, 0.717) is 5.11 Å². The van der Waals surface area contributed by atoms with Crippen molar-refractivity contribution >= 4 is 23.0 Å². The molecule has 104 valence electrons. The molecule has 1 aromatic rings. The number of rotatable bonds is 4. The van der Waals surface area contributed by atoms with Gasteiger partial charge in [-0.15, -0.1) is 0 Å². The molecule has 1 aromatic carbocycles. The molecule has 0 bridgehead atoms.